The summed E-state index contributed by atoms with van der Waals surface area (Å²) in [5, 5.41) is 6.91. The molecule has 7 heteroatoms. The molecule has 0 radical (unpaired) electrons. The molecule has 3 fully saturated rings. The third-order valence-corrected chi connectivity index (χ3v) is 9.54. The first-order chi connectivity index (χ1) is 18.5. The van der Waals surface area contributed by atoms with Gasteiger partial charge in [-0.1, -0.05) is 35.9 Å². The molecule has 200 valence electrons. The van der Waals surface area contributed by atoms with Crippen LogP contribution in [-0.2, 0) is 13.0 Å². The van der Waals surface area contributed by atoms with E-state index in [-0.39, 0.29) is 5.41 Å². The lowest BCUT2D eigenvalue weighted by atomic mass is 9.85. The highest BCUT2D eigenvalue weighted by atomic mass is 35.5. The van der Waals surface area contributed by atoms with Crippen LogP contribution in [0.3, 0.4) is 0 Å². The Labute approximate surface area is 230 Å². The van der Waals surface area contributed by atoms with Gasteiger partial charge in [0.2, 0.25) is 0 Å². The van der Waals surface area contributed by atoms with Gasteiger partial charge in [0.05, 0.1) is 29.6 Å². The summed E-state index contributed by atoms with van der Waals surface area (Å²) in [7, 11) is 4.29. The Morgan fingerprint density at radius 1 is 1.08 bits per heavy atom. The maximum absolute atomic E-state index is 6.71. The van der Waals surface area contributed by atoms with Gasteiger partial charge in [0.1, 0.15) is 0 Å². The normalized spacial score (nSPS) is 25.6. The van der Waals surface area contributed by atoms with Gasteiger partial charge in [0.15, 0.2) is 0 Å². The number of halogens is 1. The molecule has 4 aliphatic rings. The van der Waals surface area contributed by atoms with Crippen molar-refractivity contribution in [3.63, 3.8) is 0 Å². The van der Waals surface area contributed by atoms with Crippen LogP contribution in [0.15, 0.2) is 36.4 Å². The van der Waals surface area contributed by atoms with Crippen LogP contribution in [0, 0.1) is 5.41 Å². The van der Waals surface area contributed by atoms with E-state index in [1.807, 2.05) is 12.1 Å². The van der Waals surface area contributed by atoms with E-state index in [1.54, 1.807) is 0 Å². The van der Waals surface area contributed by atoms with Crippen molar-refractivity contribution in [3.05, 3.63) is 58.4 Å². The third kappa shape index (κ3) is 4.65. The van der Waals surface area contributed by atoms with Crippen molar-refractivity contribution in [2.24, 2.45) is 5.41 Å². The fourth-order valence-electron chi connectivity index (χ4n) is 7.28. The minimum atomic E-state index is 0.253. The highest BCUT2D eigenvalue weighted by Crippen LogP contribution is 2.46. The van der Waals surface area contributed by atoms with Gasteiger partial charge in [-0.05, 0) is 82.1 Å². The SMILES string of the molecule is CN(C)CC1(COc2nc3c(c(C4CC5CCC(C4)N5)n2)CCN(c2cccc4cccc(Cl)c24)C3)CC1. The monoisotopic (exact) mass is 531 g/mol. The second-order valence-corrected chi connectivity index (χ2v) is 12.8. The number of hydrogen-bond donors (Lipinski definition) is 1. The van der Waals surface area contributed by atoms with Gasteiger partial charge < -0.3 is 19.9 Å². The molecule has 0 amide bonds. The Balaban J connectivity index is 1.22. The standard InChI is InChI=1S/C31H38ClN5O/c1-36(2)18-31(12-13-31)19-38-30-34-26-17-37(27-8-4-6-20-5-3-7-25(32)28(20)27)14-11-24(26)29(35-30)21-15-22-9-10-23(16-21)33-22/h3-8,21-23,33H,9-19H2,1-2H3. The number of benzene rings is 2. The van der Waals surface area contributed by atoms with Gasteiger partial charge in [-0.3, -0.25) is 0 Å². The lowest BCUT2D eigenvalue weighted by Crippen LogP contribution is -2.39. The topological polar surface area (TPSA) is 53.5 Å². The highest BCUT2D eigenvalue weighted by molar-refractivity contribution is 6.36. The molecule has 4 heterocycles. The molecule has 2 saturated heterocycles. The van der Waals surface area contributed by atoms with Crippen molar-refractivity contribution >= 4 is 28.1 Å². The average molecular weight is 532 g/mol. The van der Waals surface area contributed by atoms with E-state index in [0.717, 1.165) is 42.2 Å². The number of nitrogens with zero attached hydrogens (tertiary/aromatic N) is 4. The zero-order chi connectivity index (χ0) is 25.9. The summed E-state index contributed by atoms with van der Waals surface area (Å²) >= 11 is 6.71. The predicted molar refractivity (Wildman–Crippen MR) is 153 cm³/mol. The van der Waals surface area contributed by atoms with Crippen LogP contribution in [0.2, 0.25) is 5.02 Å². The van der Waals surface area contributed by atoms with Crippen LogP contribution in [-0.4, -0.2) is 60.7 Å². The Morgan fingerprint density at radius 3 is 2.58 bits per heavy atom. The molecule has 1 aromatic heterocycles. The van der Waals surface area contributed by atoms with Crippen LogP contribution in [0.5, 0.6) is 6.01 Å². The molecule has 2 atom stereocenters. The van der Waals surface area contributed by atoms with Gasteiger partial charge in [-0.25, -0.2) is 0 Å². The minimum absolute atomic E-state index is 0.253. The summed E-state index contributed by atoms with van der Waals surface area (Å²) in [5.74, 6) is 0.489. The molecular weight excluding hydrogens is 494 g/mol. The Morgan fingerprint density at radius 2 is 1.84 bits per heavy atom. The number of aromatic nitrogens is 2. The van der Waals surface area contributed by atoms with Gasteiger partial charge in [0.25, 0.3) is 0 Å². The first-order valence-corrected chi connectivity index (χ1v) is 14.7. The molecule has 3 aromatic rings. The number of hydrogen-bond acceptors (Lipinski definition) is 6. The second kappa shape index (κ2) is 9.65. The Kier molecular flexibility index (Phi) is 6.25. The average Bonchev–Trinajstić information content (AvgIpc) is 3.59. The van der Waals surface area contributed by atoms with E-state index in [0.29, 0.717) is 30.6 Å². The van der Waals surface area contributed by atoms with Crippen molar-refractivity contribution < 1.29 is 4.74 Å². The highest BCUT2D eigenvalue weighted by Gasteiger charge is 2.44. The maximum Gasteiger partial charge on any atom is 0.316 e. The zero-order valence-electron chi connectivity index (χ0n) is 22.5. The van der Waals surface area contributed by atoms with E-state index in [9.17, 15) is 0 Å². The van der Waals surface area contributed by atoms with Crippen molar-refractivity contribution in [1.29, 1.82) is 0 Å². The van der Waals surface area contributed by atoms with E-state index in [4.69, 9.17) is 26.3 Å². The molecule has 0 spiro atoms. The summed E-state index contributed by atoms with van der Waals surface area (Å²) in [6, 6.07) is 14.5. The number of fused-ring (bicyclic) bond motifs is 4. The van der Waals surface area contributed by atoms with Crippen LogP contribution < -0.4 is 15.0 Å². The third-order valence-electron chi connectivity index (χ3n) is 9.23. The van der Waals surface area contributed by atoms with E-state index < -0.39 is 0 Å². The molecule has 1 saturated carbocycles. The number of ether oxygens (including phenoxy) is 1. The van der Waals surface area contributed by atoms with Crippen LogP contribution in [0.25, 0.3) is 10.8 Å². The van der Waals surface area contributed by atoms with Gasteiger partial charge in [-0.15, -0.1) is 0 Å². The predicted octanol–water partition coefficient (Wildman–Crippen LogP) is 5.56. The number of piperidine rings is 1. The molecule has 7 rings (SSSR count). The van der Waals surface area contributed by atoms with Crippen LogP contribution in [0.4, 0.5) is 5.69 Å². The van der Waals surface area contributed by atoms with Gasteiger partial charge in [-0.2, -0.15) is 9.97 Å². The number of anilines is 1. The smallest absolute Gasteiger partial charge is 0.316 e. The van der Waals surface area contributed by atoms with Crippen molar-refractivity contribution in [3.8, 4) is 6.01 Å². The molecule has 2 bridgehead atoms. The van der Waals surface area contributed by atoms with E-state index >= 15 is 0 Å². The largest absolute Gasteiger partial charge is 0.463 e. The molecule has 1 aliphatic carbocycles. The maximum atomic E-state index is 6.71. The summed E-state index contributed by atoms with van der Waals surface area (Å²) < 4.78 is 6.43. The minimum Gasteiger partial charge on any atom is -0.463 e. The van der Waals surface area contributed by atoms with Crippen molar-refractivity contribution in [1.82, 2.24) is 20.2 Å². The molecule has 2 unspecified atom stereocenters. The van der Waals surface area contributed by atoms with Crippen LogP contribution >= 0.6 is 11.6 Å². The molecule has 2 aromatic carbocycles. The second-order valence-electron chi connectivity index (χ2n) is 12.4. The van der Waals surface area contributed by atoms with E-state index in [1.165, 1.54) is 60.9 Å². The lowest BCUT2D eigenvalue weighted by Gasteiger charge is -2.35. The fourth-order valence-corrected chi connectivity index (χ4v) is 7.56. The van der Waals surface area contributed by atoms with Gasteiger partial charge in [0, 0.05) is 47.6 Å². The van der Waals surface area contributed by atoms with Gasteiger partial charge >= 0.3 is 6.01 Å². The first kappa shape index (κ1) is 24.6. The zero-order valence-corrected chi connectivity index (χ0v) is 23.3. The molecule has 38 heavy (non-hydrogen) atoms. The molecule has 1 N–H and O–H groups in total. The fraction of sp³-hybridized carbons (Fsp3) is 0.548. The summed E-state index contributed by atoms with van der Waals surface area (Å²) in [6.45, 7) is 3.45. The Hall–Kier alpha value is -2.41. The molecule has 6 nitrogen and oxygen atoms in total. The number of rotatable bonds is 7. The molecular formula is C31H38ClN5O. The summed E-state index contributed by atoms with van der Waals surface area (Å²) in [5.41, 5.74) is 5.19. The van der Waals surface area contributed by atoms with Crippen LogP contribution in [0.1, 0.15) is 61.4 Å². The summed E-state index contributed by atoms with van der Waals surface area (Å²) in [4.78, 5) is 15.0. The van der Waals surface area contributed by atoms with Crippen molar-refractivity contribution in [2.75, 3.05) is 38.7 Å². The number of nitrogens with one attached hydrogen (secondary N) is 1. The lowest BCUT2D eigenvalue weighted by molar-refractivity contribution is 0.181. The Bertz CT molecular complexity index is 1340. The molecule has 3 aliphatic heterocycles. The van der Waals surface area contributed by atoms with E-state index in [2.05, 4.69) is 53.5 Å². The quantitative estimate of drug-likeness (QED) is 0.430. The first-order valence-electron chi connectivity index (χ1n) is 14.3. The van der Waals surface area contributed by atoms with Crippen molar-refractivity contribution in [2.45, 2.75) is 69.5 Å². The summed E-state index contributed by atoms with van der Waals surface area (Å²) in [6.07, 6.45) is 8.32.